The van der Waals surface area contributed by atoms with Gasteiger partial charge in [-0.3, -0.25) is 0 Å². The number of hydrogen-bond donors (Lipinski definition) is 0. The molecule has 0 amide bonds. The normalized spacial score (nSPS) is 14.2. The average Bonchev–Trinajstić information content (AvgIpc) is 3.14. The number of methoxy groups -OCH3 is 1. The summed E-state index contributed by atoms with van der Waals surface area (Å²) in [7, 11) is 1.42. The van der Waals surface area contributed by atoms with Crippen LogP contribution in [0.25, 0.3) is 16.6 Å². The van der Waals surface area contributed by atoms with Crippen molar-refractivity contribution in [3.63, 3.8) is 0 Å². The Hall–Kier alpha value is -3.66. The number of para-hydroxylation sites is 2. The Morgan fingerprint density at radius 3 is 2.63 bits per heavy atom. The molecule has 0 atom stereocenters. The average molecular weight is 394 g/mol. The van der Waals surface area contributed by atoms with Crippen LogP contribution in [0.1, 0.15) is 32.6 Å². The predicted octanol–water partition coefficient (Wildman–Crippen LogP) is 5.05. The highest BCUT2D eigenvalue weighted by Crippen LogP contribution is 2.34. The number of carbonyl (C=O) groups excluding carboxylic acids is 1. The zero-order valence-electron chi connectivity index (χ0n) is 16.8. The van der Waals surface area contributed by atoms with Gasteiger partial charge in [0, 0.05) is 6.54 Å². The van der Waals surface area contributed by atoms with Crippen LogP contribution in [0.3, 0.4) is 0 Å². The summed E-state index contributed by atoms with van der Waals surface area (Å²) in [4.78, 5) is 16.7. The zero-order valence-corrected chi connectivity index (χ0v) is 16.8. The summed E-state index contributed by atoms with van der Waals surface area (Å²) >= 11 is 0. The third kappa shape index (κ3) is 3.20. The topological polar surface area (TPSA) is 44.1 Å². The molecule has 1 heterocycles. The molecule has 4 aromatic rings. The van der Waals surface area contributed by atoms with E-state index in [-0.39, 0.29) is 5.97 Å². The first kappa shape index (κ1) is 18.4. The molecule has 148 valence electrons. The predicted molar refractivity (Wildman–Crippen MR) is 118 cm³/mol. The van der Waals surface area contributed by atoms with Crippen LogP contribution in [0, 0.1) is 0 Å². The van der Waals surface area contributed by atoms with E-state index in [1.807, 2.05) is 36.7 Å². The molecule has 0 aliphatic heterocycles. The maximum atomic E-state index is 12.2. The third-order valence-electron chi connectivity index (χ3n) is 5.81. The second kappa shape index (κ2) is 7.64. The number of allylic oxidation sites excluding steroid dienone is 1. The van der Waals surface area contributed by atoms with Gasteiger partial charge in [0.05, 0.1) is 30.0 Å². The summed E-state index contributed by atoms with van der Waals surface area (Å²) in [5.74, 6) is -0.310. The van der Waals surface area contributed by atoms with Crippen LogP contribution < -0.4 is 0 Å². The number of benzene rings is 3. The number of aromatic nitrogens is 2. The lowest BCUT2D eigenvalue weighted by molar-refractivity contribution is 0.0600. The third-order valence-corrected chi connectivity index (χ3v) is 5.81. The summed E-state index contributed by atoms with van der Waals surface area (Å²) < 4.78 is 7.11. The van der Waals surface area contributed by atoms with Gasteiger partial charge in [-0.25, -0.2) is 9.78 Å². The van der Waals surface area contributed by atoms with Gasteiger partial charge in [0.15, 0.2) is 0 Å². The second-order valence-corrected chi connectivity index (χ2v) is 7.52. The van der Waals surface area contributed by atoms with Gasteiger partial charge in [-0.15, -0.1) is 0 Å². The summed E-state index contributed by atoms with van der Waals surface area (Å²) in [5, 5.41) is 0. The van der Waals surface area contributed by atoms with Crippen LogP contribution in [-0.2, 0) is 24.1 Å². The highest BCUT2D eigenvalue weighted by Gasteiger charge is 2.20. The van der Waals surface area contributed by atoms with E-state index in [4.69, 9.17) is 4.74 Å². The summed E-state index contributed by atoms with van der Waals surface area (Å²) in [6, 6.07) is 22.6. The van der Waals surface area contributed by atoms with Crippen LogP contribution in [0.4, 0.5) is 0 Å². The number of ether oxygens (including phenoxy) is 1. The monoisotopic (exact) mass is 394 g/mol. The Morgan fingerprint density at radius 2 is 1.77 bits per heavy atom. The smallest absolute Gasteiger partial charge is 0.337 e. The summed E-state index contributed by atoms with van der Waals surface area (Å²) in [5.41, 5.74) is 8.74. The van der Waals surface area contributed by atoms with Gasteiger partial charge in [0.1, 0.15) is 0 Å². The molecule has 4 heteroatoms. The molecule has 0 radical (unpaired) electrons. The van der Waals surface area contributed by atoms with Crippen molar-refractivity contribution >= 4 is 22.6 Å². The molecular formula is C26H22N2O2. The van der Waals surface area contributed by atoms with E-state index in [0.717, 1.165) is 35.0 Å². The fraction of sp³-hybridized carbons (Fsp3) is 0.154. The van der Waals surface area contributed by atoms with Crippen molar-refractivity contribution in [2.45, 2.75) is 19.4 Å². The maximum Gasteiger partial charge on any atom is 0.337 e. The SMILES string of the molecule is COC(=O)c1ccc2c(c1)C(=CCn1cnc3ccccc31)c1ccccc1CC2. The van der Waals surface area contributed by atoms with Crippen LogP contribution in [0.2, 0.25) is 0 Å². The molecule has 1 aliphatic rings. The van der Waals surface area contributed by atoms with Gasteiger partial charge in [-0.2, -0.15) is 0 Å². The van der Waals surface area contributed by atoms with Gasteiger partial charge < -0.3 is 9.30 Å². The Morgan fingerprint density at radius 1 is 1.00 bits per heavy atom. The quantitative estimate of drug-likeness (QED) is 0.457. The first-order valence-corrected chi connectivity index (χ1v) is 10.1. The van der Waals surface area contributed by atoms with E-state index in [9.17, 15) is 4.79 Å². The van der Waals surface area contributed by atoms with Gasteiger partial charge in [-0.05, 0) is 64.9 Å². The fourth-order valence-corrected chi connectivity index (χ4v) is 4.27. The minimum Gasteiger partial charge on any atom is -0.465 e. The van der Waals surface area contributed by atoms with Crippen molar-refractivity contribution in [1.82, 2.24) is 9.55 Å². The second-order valence-electron chi connectivity index (χ2n) is 7.52. The van der Waals surface area contributed by atoms with Crippen LogP contribution in [-0.4, -0.2) is 22.6 Å². The first-order chi connectivity index (χ1) is 14.7. The van der Waals surface area contributed by atoms with E-state index >= 15 is 0 Å². The lowest BCUT2D eigenvalue weighted by atomic mass is 9.92. The Labute approximate surface area is 175 Å². The Kier molecular flexibility index (Phi) is 4.68. The highest BCUT2D eigenvalue weighted by molar-refractivity contribution is 5.93. The number of imidazole rings is 1. The number of fused-ring (bicyclic) bond motifs is 3. The van der Waals surface area contributed by atoms with Gasteiger partial charge >= 0.3 is 5.97 Å². The standard InChI is InChI=1S/C26H22N2O2/c1-30-26(29)20-13-12-19-11-10-18-6-2-3-7-21(18)22(23(19)16-20)14-15-28-17-27-24-8-4-5-9-25(24)28/h2-9,12-14,16-17H,10-11,15H2,1H3. The molecule has 0 spiro atoms. The Bertz CT molecular complexity index is 1280. The lowest BCUT2D eigenvalue weighted by Gasteiger charge is -2.14. The summed E-state index contributed by atoms with van der Waals surface area (Å²) in [6.07, 6.45) is 6.06. The van der Waals surface area contributed by atoms with E-state index in [0.29, 0.717) is 12.1 Å². The molecule has 1 aliphatic carbocycles. The number of carbonyl (C=O) groups is 1. The fourth-order valence-electron chi connectivity index (χ4n) is 4.27. The number of esters is 1. The minimum atomic E-state index is -0.310. The molecule has 1 aromatic heterocycles. The number of hydrogen-bond acceptors (Lipinski definition) is 3. The molecule has 0 fully saturated rings. The maximum absolute atomic E-state index is 12.2. The van der Waals surface area contributed by atoms with Gasteiger partial charge in [-0.1, -0.05) is 48.5 Å². The molecule has 3 aromatic carbocycles. The van der Waals surface area contributed by atoms with Crippen molar-refractivity contribution in [3.05, 3.63) is 107 Å². The molecular weight excluding hydrogens is 372 g/mol. The molecule has 0 bridgehead atoms. The van der Waals surface area contributed by atoms with Crippen molar-refractivity contribution in [2.75, 3.05) is 7.11 Å². The zero-order chi connectivity index (χ0) is 20.5. The molecule has 0 saturated carbocycles. The largest absolute Gasteiger partial charge is 0.465 e. The lowest BCUT2D eigenvalue weighted by Crippen LogP contribution is -2.04. The summed E-state index contributed by atoms with van der Waals surface area (Å²) in [6.45, 7) is 0.700. The molecule has 4 nitrogen and oxygen atoms in total. The van der Waals surface area contributed by atoms with Crippen molar-refractivity contribution in [2.24, 2.45) is 0 Å². The van der Waals surface area contributed by atoms with Crippen molar-refractivity contribution < 1.29 is 9.53 Å². The molecule has 0 N–H and O–H groups in total. The van der Waals surface area contributed by atoms with Crippen LogP contribution in [0.15, 0.2) is 79.1 Å². The number of aryl methyl sites for hydroxylation is 2. The van der Waals surface area contributed by atoms with E-state index in [1.165, 1.54) is 23.8 Å². The van der Waals surface area contributed by atoms with E-state index < -0.39 is 0 Å². The van der Waals surface area contributed by atoms with Crippen molar-refractivity contribution in [1.29, 1.82) is 0 Å². The van der Waals surface area contributed by atoms with E-state index in [2.05, 4.69) is 52.0 Å². The molecule has 30 heavy (non-hydrogen) atoms. The van der Waals surface area contributed by atoms with Gasteiger partial charge in [0.25, 0.3) is 0 Å². The first-order valence-electron chi connectivity index (χ1n) is 10.1. The molecule has 0 unspecified atom stereocenters. The minimum absolute atomic E-state index is 0.310. The van der Waals surface area contributed by atoms with Crippen LogP contribution >= 0.6 is 0 Å². The van der Waals surface area contributed by atoms with Gasteiger partial charge in [0.2, 0.25) is 0 Å². The van der Waals surface area contributed by atoms with E-state index in [1.54, 1.807) is 0 Å². The molecule has 0 saturated heterocycles. The number of nitrogens with zero attached hydrogens (tertiary/aromatic N) is 2. The highest BCUT2D eigenvalue weighted by atomic mass is 16.5. The Balaban J connectivity index is 1.65. The van der Waals surface area contributed by atoms with Crippen molar-refractivity contribution in [3.8, 4) is 0 Å². The number of rotatable bonds is 3. The molecule has 5 rings (SSSR count). The van der Waals surface area contributed by atoms with Crippen LogP contribution in [0.5, 0.6) is 0 Å².